The van der Waals surface area contributed by atoms with Gasteiger partial charge in [-0.25, -0.2) is 0 Å². The fourth-order valence-corrected chi connectivity index (χ4v) is 10.7. The third kappa shape index (κ3) is 5.10. The number of fused-ring (bicyclic) bond motifs is 17. The van der Waals surface area contributed by atoms with Crippen LogP contribution in [0.15, 0.2) is 231 Å². The highest BCUT2D eigenvalue weighted by Crippen LogP contribution is 2.63. The first-order chi connectivity index (χ1) is 30.7. The molecule has 0 radical (unpaired) electrons. The summed E-state index contributed by atoms with van der Waals surface area (Å²) in [6.45, 7) is 6.19. The van der Waals surface area contributed by atoms with Gasteiger partial charge in [-0.05, 0) is 133 Å². The van der Waals surface area contributed by atoms with Gasteiger partial charge < -0.3 is 9.64 Å². The minimum Gasteiger partial charge on any atom is -0.456 e. The molecule has 0 saturated carbocycles. The molecular formula is C60H41NO. The Morgan fingerprint density at radius 1 is 0.452 bits per heavy atom. The Labute approximate surface area is 362 Å². The zero-order valence-electron chi connectivity index (χ0n) is 34.3. The SMILES string of the molecule is C=CC1=C(/C=C\C)c2ccc(N(c3ccccc3)c3ccc4c(c3)C3(c5ccccc5-c5ccccc5-4)c4ccccc4-c4c3ccc3ccccc43)cc2-c2ccccc2O1. The van der Waals surface area contributed by atoms with Gasteiger partial charge in [-0.2, -0.15) is 0 Å². The van der Waals surface area contributed by atoms with Crippen molar-refractivity contribution in [2.24, 2.45) is 0 Å². The van der Waals surface area contributed by atoms with Crippen LogP contribution >= 0.6 is 0 Å². The maximum Gasteiger partial charge on any atom is 0.135 e. The smallest absolute Gasteiger partial charge is 0.135 e. The van der Waals surface area contributed by atoms with Gasteiger partial charge in [-0.1, -0.05) is 176 Å². The van der Waals surface area contributed by atoms with Gasteiger partial charge in [0, 0.05) is 28.2 Å². The zero-order valence-corrected chi connectivity index (χ0v) is 34.3. The number of hydrogen-bond acceptors (Lipinski definition) is 2. The lowest BCUT2D eigenvalue weighted by molar-refractivity contribution is 0.450. The molecule has 0 bridgehead atoms. The second kappa shape index (κ2) is 14.1. The van der Waals surface area contributed by atoms with E-state index in [1.54, 1.807) is 0 Å². The number of anilines is 3. The van der Waals surface area contributed by atoms with E-state index in [2.05, 4.69) is 212 Å². The van der Waals surface area contributed by atoms with Crippen molar-refractivity contribution in [3.63, 3.8) is 0 Å². The van der Waals surface area contributed by atoms with Crippen LogP contribution in [0.1, 0.15) is 34.7 Å². The van der Waals surface area contributed by atoms with Gasteiger partial charge in [-0.3, -0.25) is 0 Å². The highest BCUT2D eigenvalue weighted by molar-refractivity contribution is 6.06. The molecule has 1 atom stereocenters. The minimum absolute atomic E-state index is 0.628. The van der Waals surface area contributed by atoms with Crippen molar-refractivity contribution in [3.8, 4) is 50.3 Å². The van der Waals surface area contributed by atoms with E-state index in [-0.39, 0.29) is 0 Å². The summed E-state index contributed by atoms with van der Waals surface area (Å²) in [5, 5.41) is 2.52. The lowest BCUT2D eigenvalue weighted by Crippen LogP contribution is -2.29. The van der Waals surface area contributed by atoms with Crippen LogP contribution < -0.4 is 9.64 Å². The lowest BCUT2D eigenvalue weighted by Gasteiger charge is -2.36. The summed E-state index contributed by atoms with van der Waals surface area (Å²) >= 11 is 0. The largest absolute Gasteiger partial charge is 0.456 e. The van der Waals surface area contributed by atoms with E-state index in [0.717, 1.165) is 50.8 Å². The van der Waals surface area contributed by atoms with Crippen molar-refractivity contribution >= 4 is 33.4 Å². The normalized spacial score (nSPS) is 15.3. The molecule has 12 rings (SSSR count). The number of hydrogen-bond donors (Lipinski definition) is 0. The van der Waals surface area contributed by atoms with E-state index in [1.807, 2.05) is 25.1 Å². The summed E-state index contributed by atoms with van der Waals surface area (Å²) in [5.74, 6) is 1.55. The van der Waals surface area contributed by atoms with Gasteiger partial charge in [0.05, 0.1) is 5.41 Å². The van der Waals surface area contributed by atoms with Gasteiger partial charge in [0.25, 0.3) is 0 Å². The third-order valence-corrected chi connectivity index (χ3v) is 13.2. The van der Waals surface area contributed by atoms with Gasteiger partial charge in [-0.15, -0.1) is 0 Å². The number of benzene rings is 9. The topological polar surface area (TPSA) is 12.5 Å². The Morgan fingerprint density at radius 3 is 1.81 bits per heavy atom. The van der Waals surface area contributed by atoms with Crippen molar-refractivity contribution in [1.29, 1.82) is 0 Å². The predicted molar refractivity (Wildman–Crippen MR) is 258 cm³/mol. The maximum atomic E-state index is 6.59. The molecule has 0 saturated heterocycles. The maximum absolute atomic E-state index is 6.59. The standard InChI is InChI=1S/C60H41NO/c1-3-18-49-46-34-32-41(37-52(46)50-26-14-17-30-58(50)62-57(49)4-2)61(40-20-6-5-7-21-40)42-33-35-48-45-24-11-10-23-44(45)47-25-12-15-28-53(47)60(56(48)38-42)54-29-16-13-27-51(54)59-43-22-9-8-19-39(43)31-36-55(59)60/h3-38H,2H2,1H3/b18-3-. The summed E-state index contributed by atoms with van der Waals surface area (Å²) in [5.41, 5.74) is 19.5. The number of nitrogens with zero attached hydrogens (tertiary/aromatic N) is 1. The molecule has 0 N–H and O–H groups in total. The van der Waals surface area contributed by atoms with Crippen LogP contribution in [0.2, 0.25) is 0 Å². The second-order valence-corrected chi connectivity index (χ2v) is 16.3. The van der Waals surface area contributed by atoms with Crippen molar-refractivity contribution in [3.05, 3.63) is 259 Å². The van der Waals surface area contributed by atoms with Crippen LogP contribution in [0.25, 0.3) is 60.9 Å². The molecule has 1 spiro atoms. The molecule has 2 aliphatic carbocycles. The molecule has 1 heterocycles. The first kappa shape index (κ1) is 36.0. The van der Waals surface area contributed by atoms with Gasteiger partial charge in [0.2, 0.25) is 0 Å². The van der Waals surface area contributed by atoms with Crippen LogP contribution in [0.5, 0.6) is 5.75 Å². The average Bonchev–Trinajstić information content (AvgIpc) is 3.50. The van der Waals surface area contributed by atoms with Gasteiger partial charge in [0.1, 0.15) is 11.5 Å². The van der Waals surface area contributed by atoms with E-state index >= 15 is 0 Å². The second-order valence-electron chi connectivity index (χ2n) is 16.3. The molecule has 0 fully saturated rings. The number of rotatable bonds is 5. The predicted octanol–water partition coefficient (Wildman–Crippen LogP) is 15.9. The first-order valence-electron chi connectivity index (χ1n) is 21.4. The van der Waals surface area contributed by atoms with Crippen molar-refractivity contribution < 1.29 is 4.74 Å². The molecule has 9 aromatic rings. The third-order valence-electron chi connectivity index (χ3n) is 13.2. The molecule has 3 aliphatic rings. The Morgan fingerprint density at radius 2 is 1.05 bits per heavy atom. The number of allylic oxidation sites excluding steroid dienone is 4. The van der Waals surface area contributed by atoms with E-state index < -0.39 is 5.41 Å². The van der Waals surface area contributed by atoms with Crippen molar-refractivity contribution in [2.75, 3.05) is 4.90 Å². The average molecular weight is 792 g/mol. The molecule has 292 valence electrons. The molecule has 2 heteroatoms. The molecule has 1 unspecified atom stereocenters. The van der Waals surface area contributed by atoms with Crippen LogP contribution in [0.3, 0.4) is 0 Å². The Balaban J connectivity index is 1.18. The van der Waals surface area contributed by atoms with Gasteiger partial charge >= 0.3 is 0 Å². The molecule has 62 heavy (non-hydrogen) atoms. The summed E-state index contributed by atoms with van der Waals surface area (Å²) in [6.07, 6.45) is 6.00. The molecular weight excluding hydrogens is 751 g/mol. The van der Waals surface area contributed by atoms with E-state index in [0.29, 0.717) is 0 Å². The summed E-state index contributed by atoms with van der Waals surface area (Å²) in [6, 6.07) is 73.9. The van der Waals surface area contributed by atoms with Crippen LogP contribution in [-0.2, 0) is 5.41 Å². The van der Waals surface area contributed by atoms with Crippen LogP contribution in [-0.4, -0.2) is 0 Å². The Kier molecular flexibility index (Phi) is 8.17. The first-order valence-corrected chi connectivity index (χ1v) is 21.4. The van der Waals surface area contributed by atoms with E-state index in [4.69, 9.17) is 4.74 Å². The summed E-state index contributed by atoms with van der Waals surface area (Å²) < 4.78 is 6.59. The van der Waals surface area contributed by atoms with Crippen LogP contribution in [0.4, 0.5) is 17.1 Å². The summed E-state index contributed by atoms with van der Waals surface area (Å²) in [7, 11) is 0. The zero-order chi connectivity index (χ0) is 41.4. The fraction of sp³-hybridized carbons (Fsp3) is 0.0333. The fourth-order valence-electron chi connectivity index (χ4n) is 10.7. The quantitative estimate of drug-likeness (QED) is 0.172. The number of para-hydroxylation sites is 2. The Hall–Kier alpha value is -7.94. The van der Waals surface area contributed by atoms with Gasteiger partial charge in [0.15, 0.2) is 0 Å². The molecule has 9 aromatic carbocycles. The van der Waals surface area contributed by atoms with Crippen LogP contribution in [0, 0.1) is 0 Å². The highest BCUT2D eigenvalue weighted by atomic mass is 16.5. The highest BCUT2D eigenvalue weighted by Gasteiger charge is 2.50. The van der Waals surface area contributed by atoms with E-state index in [9.17, 15) is 0 Å². The minimum atomic E-state index is -0.628. The number of ether oxygens (including phenoxy) is 1. The molecule has 1 aliphatic heterocycles. The monoisotopic (exact) mass is 791 g/mol. The van der Waals surface area contributed by atoms with Crippen molar-refractivity contribution in [2.45, 2.75) is 12.3 Å². The Bertz CT molecular complexity index is 3370. The summed E-state index contributed by atoms with van der Waals surface area (Å²) in [4.78, 5) is 2.42. The molecule has 0 aromatic heterocycles. The van der Waals surface area contributed by atoms with Crippen molar-refractivity contribution in [1.82, 2.24) is 0 Å². The van der Waals surface area contributed by atoms with E-state index in [1.165, 1.54) is 66.4 Å². The molecule has 0 amide bonds. The molecule has 2 nitrogen and oxygen atoms in total. The lowest BCUT2D eigenvalue weighted by atomic mass is 9.65.